The number of nitrogens with one attached hydrogen (secondary N) is 2. The first kappa shape index (κ1) is 21.2. The zero-order valence-corrected chi connectivity index (χ0v) is 16.6. The van der Waals surface area contributed by atoms with Crippen LogP contribution in [-0.4, -0.2) is 51.6 Å². The Bertz CT molecular complexity index is 882. The third-order valence-corrected chi connectivity index (χ3v) is 5.63. The second-order valence-corrected chi connectivity index (χ2v) is 8.26. The Kier molecular flexibility index (Phi) is 7.25. The standard InChI is InChI=1S/C17H22ClN3O5S/c1-21(2)7-4-6-20-27(24,25)16-9-13(17(22)23)15(10-14(16)18)19-11-12-5-3-8-26-12/h3,5,8-10,19-20H,4,6-7,11H2,1-2H3,(H,22,23). The van der Waals surface area contributed by atoms with Gasteiger partial charge in [0.25, 0.3) is 0 Å². The summed E-state index contributed by atoms with van der Waals surface area (Å²) in [6.07, 6.45) is 2.11. The average Bonchev–Trinajstić information content (AvgIpc) is 3.09. The van der Waals surface area contributed by atoms with Gasteiger partial charge in [-0.3, -0.25) is 0 Å². The van der Waals surface area contributed by atoms with Gasteiger partial charge in [-0.1, -0.05) is 11.6 Å². The molecule has 8 nitrogen and oxygen atoms in total. The highest BCUT2D eigenvalue weighted by Crippen LogP contribution is 2.29. The van der Waals surface area contributed by atoms with Crippen LogP contribution in [0.1, 0.15) is 22.5 Å². The maximum Gasteiger partial charge on any atom is 0.337 e. The van der Waals surface area contributed by atoms with E-state index in [4.69, 9.17) is 16.0 Å². The van der Waals surface area contributed by atoms with Crippen molar-refractivity contribution in [3.8, 4) is 0 Å². The summed E-state index contributed by atoms with van der Waals surface area (Å²) in [6.45, 7) is 1.17. The highest BCUT2D eigenvalue weighted by Gasteiger charge is 2.22. The molecular formula is C17H22ClN3O5S. The molecule has 0 amide bonds. The van der Waals surface area contributed by atoms with Gasteiger partial charge in [0.15, 0.2) is 0 Å². The summed E-state index contributed by atoms with van der Waals surface area (Å²) in [6, 6.07) is 5.79. The second kappa shape index (κ2) is 9.23. The number of carboxylic acid groups (broad SMARTS) is 1. The Hall–Kier alpha value is -2.07. The van der Waals surface area contributed by atoms with E-state index in [0.717, 1.165) is 6.07 Å². The lowest BCUT2D eigenvalue weighted by Crippen LogP contribution is -2.27. The Morgan fingerprint density at radius 3 is 2.67 bits per heavy atom. The Morgan fingerprint density at radius 2 is 2.07 bits per heavy atom. The lowest BCUT2D eigenvalue weighted by Gasteiger charge is -2.14. The molecule has 1 heterocycles. The van der Waals surface area contributed by atoms with Crippen LogP contribution in [0.25, 0.3) is 0 Å². The van der Waals surface area contributed by atoms with Crippen molar-refractivity contribution in [2.45, 2.75) is 17.9 Å². The second-order valence-electron chi connectivity index (χ2n) is 6.12. The van der Waals surface area contributed by atoms with Crippen LogP contribution < -0.4 is 10.0 Å². The molecule has 3 N–H and O–H groups in total. The predicted octanol–water partition coefficient (Wildman–Crippen LogP) is 2.47. The third kappa shape index (κ3) is 5.96. The molecule has 0 atom stereocenters. The lowest BCUT2D eigenvalue weighted by atomic mass is 10.1. The van der Waals surface area contributed by atoms with Gasteiger partial charge >= 0.3 is 5.97 Å². The minimum Gasteiger partial charge on any atom is -0.478 e. The molecule has 27 heavy (non-hydrogen) atoms. The van der Waals surface area contributed by atoms with E-state index in [1.165, 1.54) is 12.3 Å². The van der Waals surface area contributed by atoms with E-state index >= 15 is 0 Å². The van der Waals surface area contributed by atoms with Crippen LogP contribution in [0.15, 0.2) is 39.8 Å². The molecular weight excluding hydrogens is 394 g/mol. The van der Waals surface area contributed by atoms with Crippen molar-refractivity contribution in [1.29, 1.82) is 0 Å². The first-order chi connectivity index (χ1) is 12.7. The summed E-state index contributed by atoms with van der Waals surface area (Å²) in [5.41, 5.74) is 0.00933. The van der Waals surface area contributed by atoms with Gasteiger partial charge in [-0.2, -0.15) is 0 Å². The van der Waals surface area contributed by atoms with Gasteiger partial charge in [-0.15, -0.1) is 0 Å². The quantitative estimate of drug-likeness (QED) is 0.511. The fourth-order valence-electron chi connectivity index (χ4n) is 2.36. The number of benzene rings is 1. The summed E-state index contributed by atoms with van der Waals surface area (Å²) in [7, 11) is -0.154. The molecule has 0 bridgehead atoms. The first-order valence-electron chi connectivity index (χ1n) is 8.18. The molecule has 10 heteroatoms. The number of sulfonamides is 1. The van der Waals surface area contributed by atoms with E-state index in [1.54, 1.807) is 12.1 Å². The molecule has 1 aromatic carbocycles. The topological polar surface area (TPSA) is 112 Å². The number of hydrogen-bond acceptors (Lipinski definition) is 6. The van der Waals surface area contributed by atoms with Gasteiger partial charge in [0.1, 0.15) is 10.7 Å². The largest absolute Gasteiger partial charge is 0.478 e. The molecule has 2 aromatic rings. The van der Waals surface area contributed by atoms with Crippen LogP contribution in [0, 0.1) is 0 Å². The van der Waals surface area contributed by atoms with Crippen LogP contribution in [0.4, 0.5) is 5.69 Å². The molecule has 0 fully saturated rings. The van der Waals surface area contributed by atoms with Crippen molar-refractivity contribution < 1.29 is 22.7 Å². The van der Waals surface area contributed by atoms with E-state index in [-0.39, 0.29) is 34.3 Å². The van der Waals surface area contributed by atoms with Crippen LogP contribution in [0.2, 0.25) is 5.02 Å². The molecule has 1 aromatic heterocycles. The van der Waals surface area contributed by atoms with E-state index in [9.17, 15) is 18.3 Å². The van der Waals surface area contributed by atoms with Crippen molar-refractivity contribution in [3.63, 3.8) is 0 Å². The Balaban J connectivity index is 2.21. The van der Waals surface area contributed by atoms with Crippen LogP contribution in [-0.2, 0) is 16.6 Å². The Labute approximate surface area is 163 Å². The van der Waals surface area contributed by atoms with E-state index in [1.807, 2.05) is 19.0 Å². The van der Waals surface area contributed by atoms with Crippen molar-refractivity contribution in [1.82, 2.24) is 9.62 Å². The maximum atomic E-state index is 12.5. The lowest BCUT2D eigenvalue weighted by molar-refractivity contribution is 0.0697. The molecule has 0 aliphatic carbocycles. The molecule has 0 spiro atoms. The van der Waals surface area contributed by atoms with E-state index in [0.29, 0.717) is 18.7 Å². The fraction of sp³-hybridized carbons (Fsp3) is 0.353. The number of furan rings is 1. The Morgan fingerprint density at radius 1 is 1.33 bits per heavy atom. The van der Waals surface area contributed by atoms with Crippen molar-refractivity contribution in [2.75, 3.05) is 32.5 Å². The summed E-state index contributed by atoms with van der Waals surface area (Å²) in [4.78, 5) is 13.2. The first-order valence-corrected chi connectivity index (χ1v) is 10.0. The number of anilines is 1. The SMILES string of the molecule is CN(C)CCCNS(=O)(=O)c1cc(C(=O)O)c(NCc2ccco2)cc1Cl. The molecule has 2 rings (SSSR count). The fourth-order valence-corrected chi connectivity index (χ4v) is 3.98. The van der Waals surface area contributed by atoms with Crippen molar-refractivity contribution in [2.24, 2.45) is 0 Å². The van der Waals surface area contributed by atoms with Gasteiger partial charge < -0.3 is 19.7 Å². The minimum absolute atomic E-state index is 0.0675. The zero-order chi connectivity index (χ0) is 20.0. The highest BCUT2D eigenvalue weighted by atomic mass is 35.5. The highest BCUT2D eigenvalue weighted by molar-refractivity contribution is 7.89. The van der Waals surface area contributed by atoms with Gasteiger partial charge in [-0.25, -0.2) is 17.9 Å². The minimum atomic E-state index is -3.93. The molecule has 148 valence electrons. The van der Waals surface area contributed by atoms with Gasteiger partial charge in [0.05, 0.1) is 29.1 Å². The van der Waals surface area contributed by atoms with Crippen molar-refractivity contribution in [3.05, 3.63) is 46.9 Å². The van der Waals surface area contributed by atoms with Crippen LogP contribution in [0.5, 0.6) is 0 Å². The number of rotatable bonds is 10. The molecule has 0 saturated heterocycles. The predicted molar refractivity (Wildman–Crippen MR) is 103 cm³/mol. The van der Waals surface area contributed by atoms with Gasteiger partial charge in [0, 0.05) is 6.54 Å². The smallest absolute Gasteiger partial charge is 0.337 e. The average molecular weight is 416 g/mol. The summed E-state index contributed by atoms with van der Waals surface area (Å²) in [5.74, 6) is -0.667. The summed E-state index contributed by atoms with van der Waals surface area (Å²) < 4.78 is 32.6. The number of halogens is 1. The molecule has 0 aliphatic rings. The normalized spacial score (nSPS) is 11.7. The molecule has 0 radical (unpaired) electrons. The number of nitrogens with zero attached hydrogens (tertiary/aromatic N) is 1. The van der Waals surface area contributed by atoms with Crippen LogP contribution in [0.3, 0.4) is 0 Å². The monoisotopic (exact) mass is 415 g/mol. The molecule has 0 saturated carbocycles. The molecule has 0 aliphatic heterocycles. The number of hydrogen-bond donors (Lipinski definition) is 3. The zero-order valence-electron chi connectivity index (χ0n) is 15.0. The van der Waals surface area contributed by atoms with Crippen molar-refractivity contribution >= 4 is 33.3 Å². The van der Waals surface area contributed by atoms with E-state index < -0.39 is 16.0 Å². The maximum absolute atomic E-state index is 12.5. The number of carbonyl (C=O) groups is 1. The van der Waals surface area contributed by atoms with E-state index in [2.05, 4.69) is 10.0 Å². The van der Waals surface area contributed by atoms with Gasteiger partial charge in [0.2, 0.25) is 10.0 Å². The summed E-state index contributed by atoms with van der Waals surface area (Å²) >= 11 is 6.13. The number of aromatic carboxylic acids is 1. The summed E-state index contributed by atoms with van der Waals surface area (Å²) in [5, 5.41) is 12.3. The third-order valence-electron chi connectivity index (χ3n) is 3.70. The number of carboxylic acids is 1. The van der Waals surface area contributed by atoms with Gasteiger partial charge in [-0.05, 0) is 51.3 Å². The molecule has 0 unspecified atom stereocenters. The van der Waals surface area contributed by atoms with Crippen LogP contribution >= 0.6 is 11.6 Å².